The van der Waals surface area contributed by atoms with E-state index in [0.29, 0.717) is 38.5 Å². The lowest BCUT2D eigenvalue weighted by molar-refractivity contribution is -0.537. The quantitative estimate of drug-likeness (QED) is 0.125. The van der Waals surface area contributed by atoms with Crippen LogP contribution in [0.4, 0.5) is 0 Å². The Morgan fingerprint density at radius 1 is 0.720 bits per heavy atom. The van der Waals surface area contributed by atoms with E-state index in [2.05, 4.69) is 16.0 Å². The maximum Gasteiger partial charge on any atom is 0.328 e. The van der Waals surface area contributed by atoms with Crippen LogP contribution in [0.25, 0.3) is 0 Å². The van der Waals surface area contributed by atoms with Crippen molar-refractivity contribution in [1.29, 1.82) is 0 Å². The Morgan fingerprint density at radius 2 is 1.20 bits per heavy atom. The molecule has 2 aliphatic rings. The first-order valence-corrected chi connectivity index (χ1v) is 18.4. The number of rotatable bonds is 16. The van der Waals surface area contributed by atoms with Crippen LogP contribution in [0.3, 0.4) is 0 Å². The molecule has 0 unspecified atom stereocenters. The second-order valence-corrected chi connectivity index (χ2v) is 13.9. The fraction of sp³-hybridized carbons (Fsp3) is 0.590. The highest BCUT2D eigenvalue weighted by Crippen LogP contribution is 2.35. The van der Waals surface area contributed by atoms with Gasteiger partial charge in [-0.15, -0.1) is 0 Å². The molecule has 0 bridgehead atoms. The molecule has 0 aromatic heterocycles. The predicted molar refractivity (Wildman–Crippen MR) is 190 cm³/mol. The van der Waals surface area contributed by atoms with Crippen molar-refractivity contribution in [3.63, 3.8) is 0 Å². The second-order valence-electron chi connectivity index (χ2n) is 13.9. The lowest BCUT2D eigenvalue weighted by atomic mass is 9.74. The standard InChI is InChI=1S/C39H54N4O7/c1-4-28(36(44)42-34(39(47)50-3)25-27-18-10-7-11-19-27)30-20-12-14-22-32(30)40-38(46)33(24-26-16-8-6-9-17-26)41-37(45)29(5-2)31-21-13-15-23-35(31)43(48)49/h6-11,16-19,28-35H,4-5,12-15,20-25H2,1-3H3,(H,40,46)(H,41,45)(H,42,44)/t28-,29-,30-,31-,32-,33-,34-,35-/m1/s1. The maximum atomic E-state index is 14.2. The molecule has 3 amide bonds. The highest BCUT2D eigenvalue weighted by atomic mass is 16.6. The molecule has 8 atom stereocenters. The van der Waals surface area contributed by atoms with Gasteiger partial charge in [0.1, 0.15) is 12.1 Å². The Morgan fingerprint density at radius 3 is 1.74 bits per heavy atom. The number of ether oxygens (including phenoxy) is 1. The molecule has 11 nitrogen and oxygen atoms in total. The topological polar surface area (TPSA) is 157 Å². The van der Waals surface area contributed by atoms with E-state index in [9.17, 15) is 29.3 Å². The van der Waals surface area contributed by atoms with Crippen molar-refractivity contribution in [2.75, 3.05) is 7.11 Å². The molecule has 0 aliphatic heterocycles. The molecule has 11 heteroatoms. The fourth-order valence-electron chi connectivity index (χ4n) is 8.14. The molecule has 0 spiro atoms. The SMILES string of the molecule is CC[C@@H](C(=O)N[C@H](Cc1ccccc1)C(=O)N[C@@H]1CCCC[C@@H]1[C@@H](CC)C(=O)N[C@H](Cc1ccccc1)C(=O)OC)[C@H]1CCCC[C@H]1[N+](=O)[O-]. The fourth-order valence-corrected chi connectivity index (χ4v) is 8.14. The van der Waals surface area contributed by atoms with Gasteiger partial charge >= 0.3 is 5.97 Å². The van der Waals surface area contributed by atoms with Gasteiger partial charge in [0.2, 0.25) is 23.8 Å². The molecular weight excluding hydrogens is 636 g/mol. The summed E-state index contributed by atoms with van der Waals surface area (Å²) in [7, 11) is 1.31. The number of hydrogen-bond donors (Lipinski definition) is 3. The van der Waals surface area contributed by atoms with Gasteiger partial charge in [-0.25, -0.2) is 4.79 Å². The van der Waals surface area contributed by atoms with E-state index in [0.717, 1.165) is 43.2 Å². The zero-order chi connectivity index (χ0) is 36.0. The number of carbonyl (C=O) groups excluding carboxylic acids is 4. The molecule has 2 aromatic rings. The highest BCUT2D eigenvalue weighted by Gasteiger charge is 2.43. The molecule has 3 N–H and O–H groups in total. The minimum Gasteiger partial charge on any atom is -0.467 e. The van der Waals surface area contributed by atoms with Crippen molar-refractivity contribution < 1.29 is 28.8 Å². The van der Waals surface area contributed by atoms with E-state index in [1.165, 1.54) is 7.11 Å². The average Bonchev–Trinajstić information content (AvgIpc) is 3.13. The molecule has 0 saturated heterocycles. The van der Waals surface area contributed by atoms with Gasteiger partial charge in [-0.05, 0) is 55.6 Å². The molecule has 2 saturated carbocycles. The van der Waals surface area contributed by atoms with E-state index in [1.54, 1.807) is 0 Å². The zero-order valence-electron chi connectivity index (χ0n) is 29.7. The Balaban J connectivity index is 1.51. The zero-order valence-corrected chi connectivity index (χ0v) is 29.7. The first-order chi connectivity index (χ1) is 24.2. The van der Waals surface area contributed by atoms with Gasteiger partial charge in [0.15, 0.2) is 0 Å². The van der Waals surface area contributed by atoms with E-state index in [1.807, 2.05) is 74.5 Å². The minimum atomic E-state index is -0.900. The maximum absolute atomic E-state index is 14.2. The third-order valence-corrected chi connectivity index (χ3v) is 10.8. The number of nitro groups is 1. The predicted octanol–water partition coefficient (Wildman–Crippen LogP) is 5.18. The molecular formula is C39H54N4O7. The van der Waals surface area contributed by atoms with Crippen LogP contribution in [0.1, 0.15) is 89.2 Å². The highest BCUT2D eigenvalue weighted by molar-refractivity contribution is 5.89. The molecule has 2 fully saturated rings. The van der Waals surface area contributed by atoms with E-state index in [-0.39, 0.29) is 46.9 Å². The third kappa shape index (κ3) is 10.4. The van der Waals surface area contributed by atoms with Crippen molar-refractivity contribution in [3.8, 4) is 0 Å². The van der Waals surface area contributed by atoms with Crippen molar-refractivity contribution in [2.24, 2.45) is 23.7 Å². The van der Waals surface area contributed by atoms with Crippen molar-refractivity contribution in [3.05, 3.63) is 81.9 Å². The Bertz CT molecular complexity index is 1420. The summed E-state index contributed by atoms with van der Waals surface area (Å²) in [4.78, 5) is 66.2. The molecule has 4 rings (SSSR count). The van der Waals surface area contributed by atoms with Crippen LogP contribution in [-0.2, 0) is 36.8 Å². The van der Waals surface area contributed by atoms with Crippen molar-refractivity contribution in [2.45, 2.75) is 115 Å². The van der Waals surface area contributed by atoms with E-state index < -0.39 is 35.9 Å². The number of esters is 1. The molecule has 2 aromatic carbocycles. The first-order valence-electron chi connectivity index (χ1n) is 18.4. The number of nitrogens with zero attached hydrogens (tertiary/aromatic N) is 1. The lowest BCUT2D eigenvalue weighted by Crippen LogP contribution is -2.56. The molecule has 0 radical (unpaired) electrons. The van der Waals surface area contributed by atoms with Crippen LogP contribution in [0, 0.1) is 33.8 Å². The first kappa shape index (κ1) is 38.5. The smallest absolute Gasteiger partial charge is 0.328 e. The summed E-state index contributed by atoms with van der Waals surface area (Å²) in [6.45, 7) is 3.81. The Kier molecular flexibility index (Phi) is 14.8. The number of carbonyl (C=O) groups is 4. The van der Waals surface area contributed by atoms with Gasteiger partial charge in [-0.3, -0.25) is 24.5 Å². The minimum absolute atomic E-state index is 0.174. The number of benzene rings is 2. The second kappa shape index (κ2) is 19.2. The normalized spacial score (nSPS) is 22.9. The van der Waals surface area contributed by atoms with Crippen LogP contribution in [0.5, 0.6) is 0 Å². The summed E-state index contributed by atoms with van der Waals surface area (Å²) in [6, 6.07) is 16.1. The summed E-state index contributed by atoms with van der Waals surface area (Å²) in [6.07, 6.45) is 7.40. The van der Waals surface area contributed by atoms with Crippen LogP contribution < -0.4 is 16.0 Å². The lowest BCUT2D eigenvalue weighted by Gasteiger charge is -2.38. The summed E-state index contributed by atoms with van der Waals surface area (Å²) < 4.78 is 5.03. The Labute approximate surface area is 295 Å². The Hall–Kier alpha value is -4.28. The van der Waals surface area contributed by atoms with Gasteiger partial charge < -0.3 is 20.7 Å². The summed E-state index contributed by atoms with van der Waals surface area (Å²) in [5.41, 5.74) is 1.77. The number of nitrogens with one attached hydrogen (secondary N) is 3. The van der Waals surface area contributed by atoms with E-state index in [4.69, 9.17) is 4.74 Å². The molecule has 50 heavy (non-hydrogen) atoms. The molecule has 0 heterocycles. The summed E-state index contributed by atoms with van der Waals surface area (Å²) >= 11 is 0. The van der Waals surface area contributed by atoms with Crippen LogP contribution in [-0.4, -0.2) is 59.9 Å². The summed E-state index contributed by atoms with van der Waals surface area (Å²) in [5, 5.41) is 21.1. The number of hydrogen-bond acceptors (Lipinski definition) is 7. The summed E-state index contributed by atoms with van der Waals surface area (Å²) in [5.74, 6) is -3.04. The van der Waals surface area contributed by atoms with Crippen LogP contribution in [0.2, 0.25) is 0 Å². The molecule has 2 aliphatic carbocycles. The number of methoxy groups -OCH3 is 1. The third-order valence-electron chi connectivity index (χ3n) is 10.8. The number of amides is 3. The van der Waals surface area contributed by atoms with Crippen molar-refractivity contribution >= 4 is 23.7 Å². The largest absolute Gasteiger partial charge is 0.467 e. The van der Waals surface area contributed by atoms with Gasteiger partial charge in [0.05, 0.1) is 7.11 Å². The van der Waals surface area contributed by atoms with Crippen LogP contribution in [0.15, 0.2) is 60.7 Å². The van der Waals surface area contributed by atoms with Crippen LogP contribution >= 0.6 is 0 Å². The van der Waals surface area contributed by atoms with Gasteiger partial charge in [-0.1, -0.05) is 93.8 Å². The monoisotopic (exact) mass is 690 g/mol. The van der Waals surface area contributed by atoms with Gasteiger partial charge in [-0.2, -0.15) is 0 Å². The average molecular weight is 691 g/mol. The van der Waals surface area contributed by atoms with E-state index >= 15 is 0 Å². The van der Waals surface area contributed by atoms with Crippen molar-refractivity contribution in [1.82, 2.24) is 16.0 Å². The molecule has 272 valence electrons. The van der Waals surface area contributed by atoms with Gasteiger partial charge in [0.25, 0.3) is 0 Å². The van der Waals surface area contributed by atoms with Gasteiger partial charge in [0, 0.05) is 48.0 Å².